The van der Waals surface area contributed by atoms with Crippen molar-refractivity contribution >= 4 is 0 Å². The van der Waals surface area contributed by atoms with Crippen molar-refractivity contribution in [2.75, 3.05) is 7.11 Å². The number of hydrogen-bond donors (Lipinski definition) is 2. The lowest BCUT2D eigenvalue weighted by Gasteiger charge is -2.16. The van der Waals surface area contributed by atoms with Crippen LogP contribution in [0.1, 0.15) is 24.0 Å². The van der Waals surface area contributed by atoms with Crippen LogP contribution in [-0.4, -0.2) is 17.8 Å². The molecule has 0 unspecified atom stereocenters. The summed E-state index contributed by atoms with van der Waals surface area (Å²) in [6, 6.07) is 3.56. The quantitative estimate of drug-likeness (QED) is 0.793. The number of nitrogens with two attached hydrogens (primary N) is 1. The van der Waals surface area contributed by atoms with E-state index >= 15 is 0 Å². The number of methoxy groups -OCH3 is 1. The molecule has 0 saturated heterocycles. The molecule has 0 atom stereocenters. The topological polar surface area (TPSA) is 55.5 Å². The van der Waals surface area contributed by atoms with Crippen LogP contribution in [0, 0.1) is 6.92 Å². The van der Waals surface area contributed by atoms with Crippen LogP contribution in [0.4, 0.5) is 0 Å². The summed E-state index contributed by atoms with van der Waals surface area (Å²) >= 11 is 0. The molecule has 0 spiro atoms. The molecular weight excluding hydrogens is 190 g/mol. The number of hydrogen-bond acceptors (Lipinski definition) is 3. The number of aromatic hydroxyl groups is 1. The van der Waals surface area contributed by atoms with Gasteiger partial charge >= 0.3 is 0 Å². The summed E-state index contributed by atoms with van der Waals surface area (Å²) in [7, 11) is 1.58. The van der Waals surface area contributed by atoms with Gasteiger partial charge in [-0.05, 0) is 37.8 Å². The van der Waals surface area contributed by atoms with Crippen LogP contribution in [-0.2, 0) is 6.42 Å². The van der Waals surface area contributed by atoms with Crippen molar-refractivity contribution in [1.29, 1.82) is 0 Å². The van der Waals surface area contributed by atoms with Gasteiger partial charge in [0.05, 0.1) is 7.11 Å². The maximum absolute atomic E-state index is 9.67. The van der Waals surface area contributed by atoms with Crippen LogP contribution in [0.3, 0.4) is 0 Å². The predicted octanol–water partition coefficient (Wildman–Crippen LogP) is 1.74. The SMILES string of the molecule is COc1c(O)ccc(C)c1CC1(N)CC1. The van der Waals surface area contributed by atoms with E-state index in [1.807, 2.05) is 13.0 Å². The van der Waals surface area contributed by atoms with Gasteiger partial charge in [0, 0.05) is 11.1 Å². The Morgan fingerprint density at radius 1 is 1.47 bits per heavy atom. The van der Waals surface area contributed by atoms with Crippen LogP contribution in [0.2, 0.25) is 0 Å². The molecule has 1 aromatic rings. The molecular formula is C12H17NO2. The average molecular weight is 207 g/mol. The van der Waals surface area contributed by atoms with E-state index < -0.39 is 0 Å². The number of phenols is 1. The van der Waals surface area contributed by atoms with Crippen molar-refractivity contribution in [3.8, 4) is 11.5 Å². The lowest BCUT2D eigenvalue weighted by molar-refractivity contribution is 0.367. The molecule has 0 bridgehead atoms. The first kappa shape index (κ1) is 10.3. The highest BCUT2D eigenvalue weighted by Gasteiger charge is 2.39. The fourth-order valence-electron chi connectivity index (χ4n) is 1.85. The third-order valence-electron chi connectivity index (χ3n) is 3.10. The Morgan fingerprint density at radius 3 is 2.67 bits per heavy atom. The summed E-state index contributed by atoms with van der Waals surface area (Å²) in [5, 5.41) is 9.67. The van der Waals surface area contributed by atoms with Gasteiger partial charge in [0.2, 0.25) is 0 Å². The smallest absolute Gasteiger partial charge is 0.163 e. The van der Waals surface area contributed by atoms with Gasteiger partial charge in [0.15, 0.2) is 11.5 Å². The van der Waals surface area contributed by atoms with Crippen LogP contribution < -0.4 is 10.5 Å². The number of phenolic OH excluding ortho intramolecular Hbond substituents is 1. The lowest BCUT2D eigenvalue weighted by atomic mass is 9.98. The highest BCUT2D eigenvalue weighted by Crippen LogP contribution is 2.41. The van der Waals surface area contributed by atoms with Crippen molar-refractivity contribution < 1.29 is 9.84 Å². The molecule has 82 valence electrons. The zero-order valence-corrected chi connectivity index (χ0v) is 9.21. The summed E-state index contributed by atoms with van der Waals surface area (Å²) in [6.45, 7) is 2.02. The van der Waals surface area contributed by atoms with E-state index in [4.69, 9.17) is 10.5 Å². The summed E-state index contributed by atoms with van der Waals surface area (Å²) in [4.78, 5) is 0. The minimum absolute atomic E-state index is 0.0637. The molecule has 3 N–H and O–H groups in total. The number of aryl methyl sites for hydroxylation is 1. The van der Waals surface area contributed by atoms with E-state index in [2.05, 4.69) is 0 Å². The van der Waals surface area contributed by atoms with Gasteiger partial charge in [0.25, 0.3) is 0 Å². The molecule has 0 aliphatic heterocycles. The fraction of sp³-hybridized carbons (Fsp3) is 0.500. The Kier molecular flexibility index (Phi) is 2.35. The molecule has 0 amide bonds. The van der Waals surface area contributed by atoms with Crippen molar-refractivity contribution in [2.24, 2.45) is 5.73 Å². The summed E-state index contributed by atoms with van der Waals surface area (Å²) in [5.74, 6) is 0.772. The van der Waals surface area contributed by atoms with Gasteiger partial charge in [0.1, 0.15) is 0 Å². The van der Waals surface area contributed by atoms with Crippen LogP contribution in [0.25, 0.3) is 0 Å². The Labute approximate surface area is 89.9 Å². The molecule has 3 heteroatoms. The van der Waals surface area contributed by atoms with Gasteiger partial charge < -0.3 is 15.6 Å². The maximum atomic E-state index is 9.67. The zero-order chi connectivity index (χ0) is 11.1. The molecule has 0 radical (unpaired) electrons. The second-order valence-electron chi connectivity index (χ2n) is 4.45. The van der Waals surface area contributed by atoms with E-state index in [0.717, 1.165) is 30.4 Å². The first-order chi connectivity index (χ1) is 7.06. The first-order valence-electron chi connectivity index (χ1n) is 5.20. The normalized spacial score (nSPS) is 17.5. The molecule has 3 nitrogen and oxygen atoms in total. The monoisotopic (exact) mass is 207 g/mol. The number of benzene rings is 1. The third-order valence-corrected chi connectivity index (χ3v) is 3.10. The van der Waals surface area contributed by atoms with E-state index in [0.29, 0.717) is 5.75 Å². The second kappa shape index (κ2) is 3.42. The largest absolute Gasteiger partial charge is 0.504 e. The molecule has 0 aromatic heterocycles. The Morgan fingerprint density at radius 2 is 2.13 bits per heavy atom. The highest BCUT2D eigenvalue weighted by molar-refractivity contribution is 5.50. The predicted molar refractivity (Wildman–Crippen MR) is 59.3 cm³/mol. The van der Waals surface area contributed by atoms with Crippen molar-refractivity contribution in [3.63, 3.8) is 0 Å². The van der Waals surface area contributed by atoms with Gasteiger partial charge in [-0.15, -0.1) is 0 Å². The van der Waals surface area contributed by atoms with Gasteiger partial charge in [-0.25, -0.2) is 0 Å². The van der Waals surface area contributed by atoms with Crippen molar-refractivity contribution in [1.82, 2.24) is 0 Å². The summed E-state index contributed by atoms with van der Waals surface area (Å²) in [5.41, 5.74) is 8.19. The average Bonchev–Trinajstić information content (AvgIpc) is 2.91. The fourth-order valence-corrected chi connectivity index (χ4v) is 1.85. The number of rotatable bonds is 3. The molecule has 1 fully saturated rings. The lowest BCUT2D eigenvalue weighted by Crippen LogP contribution is -2.25. The maximum Gasteiger partial charge on any atom is 0.163 e. The molecule has 2 rings (SSSR count). The summed E-state index contributed by atoms with van der Waals surface area (Å²) < 4.78 is 5.23. The minimum Gasteiger partial charge on any atom is -0.504 e. The highest BCUT2D eigenvalue weighted by atomic mass is 16.5. The zero-order valence-electron chi connectivity index (χ0n) is 9.21. The molecule has 15 heavy (non-hydrogen) atoms. The Bertz CT molecular complexity index is 383. The van der Waals surface area contributed by atoms with E-state index in [1.165, 1.54) is 0 Å². The molecule has 1 aromatic carbocycles. The van der Waals surface area contributed by atoms with Crippen LogP contribution in [0.15, 0.2) is 12.1 Å². The summed E-state index contributed by atoms with van der Waals surface area (Å²) in [6.07, 6.45) is 2.91. The van der Waals surface area contributed by atoms with Gasteiger partial charge in [-0.1, -0.05) is 6.07 Å². The van der Waals surface area contributed by atoms with Crippen molar-refractivity contribution in [2.45, 2.75) is 31.7 Å². The molecule has 1 saturated carbocycles. The van der Waals surface area contributed by atoms with E-state index in [1.54, 1.807) is 13.2 Å². The van der Waals surface area contributed by atoms with Crippen molar-refractivity contribution in [3.05, 3.63) is 23.3 Å². The Hall–Kier alpha value is -1.22. The van der Waals surface area contributed by atoms with E-state index in [9.17, 15) is 5.11 Å². The minimum atomic E-state index is -0.0637. The molecule has 0 heterocycles. The van der Waals surface area contributed by atoms with Crippen LogP contribution >= 0.6 is 0 Å². The van der Waals surface area contributed by atoms with E-state index in [-0.39, 0.29) is 11.3 Å². The standard InChI is InChI=1S/C12H17NO2/c1-8-3-4-10(14)11(15-2)9(8)7-12(13)5-6-12/h3-4,14H,5-7,13H2,1-2H3. The third kappa shape index (κ3) is 1.92. The Balaban J connectivity index is 2.38. The molecule has 1 aliphatic rings. The number of ether oxygens (including phenoxy) is 1. The second-order valence-corrected chi connectivity index (χ2v) is 4.45. The van der Waals surface area contributed by atoms with Gasteiger partial charge in [-0.3, -0.25) is 0 Å². The van der Waals surface area contributed by atoms with Crippen LogP contribution in [0.5, 0.6) is 11.5 Å². The van der Waals surface area contributed by atoms with Gasteiger partial charge in [-0.2, -0.15) is 0 Å². The first-order valence-corrected chi connectivity index (χ1v) is 5.20. The molecule has 1 aliphatic carbocycles.